The standard InChI is InChI=1S/C10H19N3S/c1-5-8(6-2)10-13-12-9(14-10)7(3)11-4/h7-8,11H,5-6H2,1-4H3. The van der Waals surface area contributed by atoms with Gasteiger partial charge in [-0.1, -0.05) is 25.2 Å². The maximum absolute atomic E-state index is 4.26. The Balaban J connectivity index is 2.76. The predicted octanol–water partition coefficient (Wildman–Crippen LogP) is 2.72. The summed E-state index contributed by atoms with van der Waals surface area (Å²) >= 11 is 1.74. The van der Waals surface area contributed by atoms with Crippen molar-refractivity contribution in [1.82, 2.24) is 15.5 Å². The molecule has 4 heteroatoms. The summed E-state index contributed by atoms with van der Waals surface area (Å²) in [5.41, 5.74) is 0. The molecule has 0 aromatic carbocycles. The van der Waals surface area contributed by atoms with E-state index < -0.39 is 0 Å². The monoisotopic (exact) mass is 213 g/mol. The lowest BCUT2D eigenvalue weighted by molar-refractivity contribution is 0.620. The summed E-state index contributed by atoms with van der Waals surface area (Å²) in [5.74, 6) is 0.588. The van der Waals surface area contributed by atoms with Gasteiger partial charge in [0.15, 0.2) is 0 Å². The van der Waals surface area contributed by atoms with Crippen LogP contribution in [0.5, 0.6) is 0 Å². The smallest absolute Gasteiger partial charge is 0.134 e. The molecule has 0 saturated carbocycles. The normalized spacial score (nSPS) is 13.5. The summed E-state index contributed by atoms with van der Waals surface area (Å²) in [6.45, 7) is 6.52. The number of aromatic nitrogens is 2. The fourth-order valence-corrected chi connectivity index (χ4v) is 2.52. The molecule has 0 saturated heterocycles. The average Bonchev–Trinajstić information content (AvgIpc) is 2.68. The van der Waals surface area contributed by atoms with Crippen molar-refractivity contribution in [2.24, 2.45) is 0 Å². The van der Waals surface area contributed by atoms with Crippen LogP contribution in [0.3, 0.4) is 0 Å². The second-order valence-electron chi connectivity index (χ2n) is 3.50. The lowest BCUT2D eigenvalue weighted by Crippen LogP contribution is -2.11. The molecule has 0 amide bonds. The zero-order chi connectivity index (χ0) is 10.6. The molecule has 1 unspecified atom stereocenters. The summed E-state index contributed by atoms with van der Waals surface area (Å²) in [4.78, 5) is 0. The van der Waals surface area contributed by atoms with Gasteiger partial charge in [-0.25, -0.2) is 0 Å². The van der Waals surface area contributed by atoms with Gasteiger partial charge in [0.25, 0.3) is 0 Å². The second kappa shape index (κ2) is 5.41. The highest BCUT2D eigenvalue weighted by molar-refractivity contribution is 7.11. The van der Waals surface area contributed by atoms with Crippen LogP contribution in [-0.2, 0) is 0 Å². The molecule has 1 aromatic rings. The largest absolute Gasteiger partial charge is 0.311 e. The van der Waals surface area contributed by atoms with Crippen LogP contribution in [0.25, 0.3) is 0 Å². The van der Waals surface area contributed by atoms with E-state index in [1.165, 1.54) is 5.01 Å². The van der Waals surface area contributed by atoms with Crippen LogP contribution >= 0.6 is 11.3 Å². The topological polar surface area (TPSA) is 37.8 Å². The molecule has 1 N–H and O–H groups in total. The average molecular weight is 213 g/mol. The van der Waals surface area contributed by atoms with Crippen LogP contribution in [0.1, 0.15) is 55.6 Å². The van der Waals surface area contributed by atoms with Crippen molar-refractivity contribution in [1.29, 1.82) is 0 Å². The summed E-state index contributed by atoms with van der Waals surface area (Å²) in [6, 6.07) is 0.315. The molecule has 0 aliphatic carbocycles. The lowest BCUT2D eigenvalue weighted by atomic mass is 10.1. The summed E-state index contributed by atoms with van der Waals surface area (Å²) in [7, 11) is 1.95. The summed E-state index contributed by atoms with van der Waals surface area (Å²) in [6.07, 6.45) is 2.30. The van der Waals surface area contributed by atoms with Gasteiger partial charge in [-0.3, -0.25) is 0 Å². The summed E-state index contributed by atoms with van der Waals surface area (Å²) in [5, 5.41) is 13.9. The molecule has 1 rings (SSSR count). The SMILES string of the molecule is CCC(CC)c1nnc(C(C)NC)s1. The van der Waals surface area contributed by atoms with Gasteiger partial charge in [0.05, 0.1) is 6.04 Å². The molecular formula is C10H19N3S. The van der Waals surface area contributed by atoms with Gasteiger partial charge in [-0.05, 0) is 26.8 Å². The zero-order valence-electron chi connectivity index (χ0n) is 9.37. The predicted molar refractivity (Wildman–Crippen MR) is 60.7 cm³/mol. The first kappa shape index (κ1) is 11.6. The van der Waals surface area contributed by atoms with Crippen molar-refractivity contribution in [3.63, 3.8) is 0 Å². The van der Waals surface area contributed by atoms with E-state index >= 15 is 0 Å². The van der Waals surface area contributed by atoms with E-state index in [2.05, 4.69) is 36.3 Å². The van der Waals surface area contributed by atoms with E-state index in [9.17, 15) is 0 Å². The molecule has 0 fully saturated rings. The quantitative estimate of drug-likeness (QED) is 0.817. The van der Waals surface area contributed by atoms with Crippen LogP contribution in [0.15, 0.2) is 0 Å². The molecule has 0 aliphatic rings. The fourth-order valence-electron chi connectivity index (χ4n) is 1.35. The van der Waals surface area contributed by atoms with Gasteiger partial charge in [0.2, 0.25) is 0 Å². The minimum Gasteiger partial charge on any atom is -0.311 e. The third-order valence-electron chi connectivity index (χ3n) is 2.59. The molecule has 1 atom stereocenters. The van der Waals surface area contributed by atoms with Crippen LogP contribution in [-0.4, -0.2) is 17.2 Å². The molecule has 3 nitrogen and oxygen atoms in total. The number of hydrogen-bond donors (Lipinski definition) is 1. The van der Waals surface area contributed by atoms with Gasteiger partial charge in [-0.2, -0.15) is 0 Å². The Kier molecular flexibility index (Phi) is 4.48. The van der Waals surface area contributed by atoms with Crippen molar-refractivity contribution in [2.75, 3.05) is 7.05 Å². The van der Waals surface area contributed by atoms with Crippen LogP contribution in [0, 0.1) is 0 Å². The number of nitrogens with zero attached hydrogens (tertiary/aromatic N) is 2. The fraction of sp³-hybridized carbons (Fsp3) is 0.800. The van der Waals surface area contributed by atoms with Crippen molar-refractivity contribution in [3.8, 4) is 0 Å². The van der Waals surface area contributed by atoms with Crippen LogP contribution in [0.4, 0.5) is 0 Å². The molecule has 14 heavy (non-hydrogen) atoms. The minimum absolute atomic E-state index is 0.315. The molecule has 0 radical (unpaired) electrons. The molecular weight excluding hydrogens is 194 g/mol. The maximum atomic E-state index is 4.26. The molecule has 80 valence electrons. The van der Waals surface area contributed by atoms with Gasteiger partial charge in [0, 0.05) is 5.92 Å². The van der Waals surface area contributed by atoms with E-state index in [4.69, 9.17) is 0 Å². The highest BCUT2D eigenvalue weighted by atomic mass is 32.1. The lowest BCUT2D eigenvalue weighted by Gasteiger charge is -2.06. The van der Waals surface area contributed by atoms with Gasteiger partial charge >= 0.3 is 0 Å². The van der Waals surface area contributed by atoms with Crippen molar-refractivity contribution < 1.29 is 0 Å². The number of nitrogens with one attached hydrogen (secondary N) is 1. The van der Waals surface area contributed by atoms with E-state index in [1.807, 2.05) is 7.05 Å². The molecule has 0 aliphatic heterocycles. The Morgan fingerprint density at radius 2 is 1.79 bits per heavy atom. The van der Waals surface area contributed by atoms with Crippen molar-refractivity contribution >= 4 is 11.3 Å². The zero-order valence-corrected chi connectivity index (χ0v) is 10.2. The Morgan fingerprint density at radius 1 is 1.21 bits per heavy atom. The Labute approximate surface area is 89.9 Å². The van der Waals surface area contributed by atoms with E-state index in [-0.39, 0.29) is 0 Å². The first-order valence-corrected chi connectivity index (χ1v) is 6.05. The molecule has 1 aromatic heterocycles. The third-order valence-corrected chi connectivity index (χ3v) is 3.86. The van der Waals surface area contributed by atoms with Gasteiger partial charge in [0.1, 0.15) is 10.0 Å². The molecule has 1 heterocycles. The Bertz CT molecular complexity index is 268. The van der Waals surface area contributed by atoms with E-state index in [0.717, 1.165) is 17.8 Å². The Morgan fingerprint density at radius 3 is 2.29 bits per heavy atom. The van der Waals surface area contributed by atoms with Crippen molar-refractivity contribution in [3.05, 3.63) is 10.0 Å². The van der Waals surface area contributed by atoms with Crippen LogP contribution in [0.2, 0.25) is 0 Å². The number of hydrogen-bond acceptors (Lipinski definition) is 4. The van der Waals surface area contributed by atoms with Gasteiger partial charge in [-0.15, -0.1) is 10.2 Å². The molecule has 0 bridgehead atoms. The first-order chi connectivity index (χ1) is 6.72. The first-order valence-electron chi connectivity index (χ1n) is 5.23. The third kappa shape index (κ3) is 2.51. The maximum Gasteiger partial charge on any atom is 0.134 e. The molecule has 0 spiro atoms. The van der Waals surface area contributed by atoms with Gasteiger partial charge < -0.3 is 5.32 Å². The summed E-state index contributed by atoms with van der Waals surface area (Å²) < 4.78 is 0. The Hall–Kier alpha value is -0.480. The minimum atomic E-state index is 0.315. The highest BCUT2D eigenvalue weighted by Crippen LogP contribution is 2.27. The second-order valence-corrected chi connectivity index (χ2v) is 4.54. The van der Waals surface area contributed by atoms with Crippen molar-refractivity contribution in [2.45, 2.75) is 45.6 Å². The number of rotatable bonds is 5. The van der Waals surface area contributed by atoms with Crippen LogP contribution < -0.4 is 5.32 Å². The van der Waals surface area contributed by atoms with E-state index in [0.29, 0.717) is 12.0 Å². The van der Waals surface area contributed by atoms with E-state index in [1.54, 1.807) is 11.3 Å². The highest BCUT2D eigenvalue weighted by Gasteiger charge is 2.15.